The Morgan fingerprint density at radius 3 is 2.57 bits per heavy atom. The van der Waals surface area contributed by atoms with Crippen molar-refractivity contribution in [1.29, 1.82) is 0 Å². The van der Waals surface area contributed by atoms with Gasteiger partial charge in [-0.2, -0.15) is 5.43 Å². The van der Waals surface area contributed by atoms with Crippen LogP contribution in [-0.4, -0.2) is 45.3 Å². The molecule has 1 aromatic carbocycles. The van der Waals surface area contributed by atoms with Gasteiger partial charge in [0.25, 0.3) is 5.88 Å². The first kappa shape index (κ1) is 26.0. The van der Waals surface area contributed by atoms with Crippen LogP contribution >= 0.6 is 11.6 Å². The summed E-state index contributed by atoms with van der Waals surface area (Å²) in [5, 5.41) is 15.4. The second kappa shape index (κ2) is 10.3. The Morgan fingerprint density at radius 2 is 1.97 bits per heavy atom. The van der Waals surface area contributed by atoms with Crippen LogP contribution in [0.2, 0.25) is 5.02 Å². The number of benzene rings is 1. The zero-order valence-corrected chi connectivity index (χ0v) is 20.0. The lowest BCUT2D eigenvalue weighted by Crippen LogP contribution is -2.61. The summed E-state index contributed by atoms with van der Waals surface area (Å²) < 4.78 is 24.8. The van der Waals surface area contributed by atoms with E-state index in [2.05, 4.69) is 21.0 Å². The molecule has 3 amide bonds. The number of hydrogen-bond donors (Lipinski definition) is 4. The zero-order chi connectivity index (χ0) is 25.8. The fourth-order valence-corrected chi connectivity index (χ4v) is 3.29. The molecule has 1 fully saturated rings. The Kier molecular flexibility index (Phi) is 7.66. The molecule has 1 aliphatic heterocycles. The Hall–Kier alpha value is -3.64. The van der Waals surface area contributed by atoms with Gasteiger partial charge in [0.15, 0.2) is 5.82 Å². The third-order valence-corrected chi connectivity index (χ3v) is 4.79. The Morgan fingerprint density at radius 1 is 1.29 bits per heavy atom. The topological polar surface area (TPSA) is 142 Å². The average molecular weight is 510 g/mol. The standard InChI is InChI=1S/C22H25ClFN5O6/c1-21(2,3)35-20(33)27-22(26-19(32)29(28-22)10-4-5-17(30)31)13-6-8-15(9-7-13)34-18-16(24)11-14(23)12-25-18/h6-9,11-12,28H,4-5,10H2,1-3H3,(H,26,32)(H,27,33)(H,30,31)/t22-/m0/s1. The lowest BCUT2D eigenvalue weighted by atomic mass is 10.1. The molecular formula is C22H25ClFN5O6. The molecule has 35 heavy (non-hydrogen) atoms. The number of aliphatic carboxylic acids is 1. The van der Waals surface area contributed by atoms with Crippen LogP contribution in [0.1, 0.15) is 39.2 Å². The summed E-state index contributed by atoms with van der Waals surface area (Å²) >= 11 is 5.70. The molecule has 2 heterocycles. The SMILES string of the molecule is CC(C)(C)OC(=O)N[C@]1(c2ccc(Oc3ncc(Cl)cc3F)cc2)NC(=O)N(CCCC(=O)O)N1. The number of rotatable bonds is 8. The van der Waals surface area contributed by atoms with Crippen LogP contribution in [0.5, 0.6) is 11.6 Å². The van der Waals surface area contributed by atoms with Gasteiger partial charge in [-0.3, -0.25) is 20.4 Å². The normalized spacial score (nSPS) is 17.6. The number of nitrogens with one attached hydrogen (secondary N) is 3. The van der Waals surface area contributed by atoms with Gasteiger partial charge in [0.2, 0.25) is 5.79 Å². The van der Waals surface area contributed by atoms with Crippen molar-refractivity contribution in [2.24, 2.45) is 0 Å². The molecule has 0 spiro atoms. The van der Waals surface area contributed by atoms with Crippen molar-refractivity contribution in [1.82, 2.24) is 26.1 Å². The maximum absolute atomic E-state index is 14.0. The van der Waals surface area contributed by atoms with Crippen molar-refractivity contribution in [2.45, 2.75) is 45.0 Å². The zero-order valence-electron chi connectivity index (χ0n) is 19.2. The summed E-state index contributed by atoms with van der Waals surface area (Å²) in [7, 11) is 0. The van der Waals surface area contributed by atoms with Crippen LogP contribution in [0.3, 0.4) is 0 Å². The fraction of sp³-hybridized carbons (Fsp3) is 0.364. The number of aromatic nitrogens is 1. The van der Waals surface area contributed by atoms with Crippen molar-refractivity contribution in [3.05, 3.63) is 52.9 Å². The molecule has 0 radical (unpaired) electrons. The van der Waals surface area contributed by atoms with E-state index in [0.717, 1.165) is 11.1 Å². The number of pyridine rings is 1. The summed E-state index contributed by atoms with van der Waals surface area (Å²) in [4.78, 5) is 39.8. The number of urea groups is 1. The highest BCUT2D eigenvalue weighted by Gasteiger charge is 2.45. The summed E-state index contributed by atoms with van der Waals surface area (Å²) in [6.45, 7) is 5.13. The Bertz CT molecular complexity index is 1110. The third-order valence-electron chi connectivity index (χ3n) is 4.58. The van der Waals surface area contributed by atoms with E-state index in [9.17, 15) is 18.8 Å². The lowest BCUT2D eigenvalue weighted by Gasteiger charge is -2.32. The first-order chi connectivity index (χ1) is 16.4. The predicted octanol–water partition coefficient (Wildman–Crippen LogP) is 3.70. The molecule has 188 valence electrons. The number of halogens is 2. The van der Waals surface area contributed by atoms with E-state index in [4.69, 9.17) is 26.2 Å². The van der Waals surface area contributed by atoms with Crippen molar-refractivity contribution >= 4 is 29.7 Å². The predicted molar refractivity (Wildman–Crippen MR) is 122 cm³/mol. The van der Waals surface area contributed by atoms with Crippen molar-refractivity contribution in [2.75, 3.05) is 6.54 Å². The number of hydrogen-bond acceptors (Lipinski definition) is 7. The van der Waals surface area contributed by atoms with Gasteiger partial charge in [-0.1, -0.05) is 11.6 Å². The van der Waals surface area contributed by atoms with E-state index in [-0.39, 0.29) is 36.0 Å². The molecule has 1 saturated heterocycles. The molecule has 2 aromatic rings. The molecular weight excluding hydrogens is 485 g/mol. The van der Waals surface area contributed by atoms with E-state index < -0.39 is 35.3 Å². The molecule has 13 heteroatoms. The number of amides is 3. The second-order valence-corrected chi connectivity index (χ2v) is 9.07. The molecule has 0 bridgehead atoms. The molecule has 0 aliphatic carbocycles. The van der Waals surface area contributed by atoms with Gasteiger partial charge < -0.3 is 14.6 Å². The number of alkyl carbamates (subject to hydrolysis) is 1. The molecule has 0 unspecified atom stereocenters. The molecule has 1 atom stereocenters. The van der Waals surface area contributed by atoms with Crippen LogP contribution in [0.15, 0.2) is 36.5 Å². The van der Waals surface area contributed by atoms with E-state index in [1.54, 1.807) is 20.8 Å². The van der Waals surface area contributed by atoms with Gasteiger partial charge in [-0.25, -0.2) is 19.0 Å². The summed E-state index contributed by atoms with van der Waals surface area (Å²) in [6, 6.07) is 6.53. The molecule has 11 nitrogen and oxygen atoms in total. The highest BCUT2D eigenvalue weighted by Crippen LogP contribution is 2.28. The minimum absolute atomic E-state index is 0.0680. The van der Waals surface area contributed by atoms with Crippen LogP contribution in [0.25, 0.3) is 0 Å². The van der Waals surface area contributed by atoms with Gasteiger partial charge in [-0.05, 0) is 57.5 Å². The minimum atomic E-state index is -1.61. The highest BCUT2D eigenvalue weighted by atomic mass is 35.5. The van der Waals surface area contributed by atoms with Crippen molar-refractivity contribution < 1.29 is 33.4 Å². The molecule has 1 aliphatic rings. The van der Waals surface area contributed by atoms with Crippen molar-refractivity contribution in [3.63, 3.8) is 0 Å². The van der Waals surface area contributed by atoms with E-state index >= 15 is 0 Å². The molecule has 0 saturated carbocycles. The van der Waals surface area contributed by atoms with E-state index in [0.29, 0.717) is 5.56 Å². The van der Waals surface area contributed by atoms with E-state index in [1.807, 2.05) is 0 Å². The monoisotopic (exact) mass is 509 g/mol. The smallest absolute Gasteiger partial charge is 0.410 e. The molecule has 4 N–H and O–H groups in total. The van der Waals surface area contributed by atoms with Gasteiger partial charge >= 0.3 is 18.1 Å². The number of carboxylic acids is 1. The maximum atomic E-state index is 14.0. The summed E-state index contributed by atoms with van der Waals surface area (Å²) in [5.74, 6) is -3.39. The minimum Gasteiger partial charge on any atom is -0.481 e. The number of carbonyl (C=O) groups is 3. The van der Waals surface area contributed by atoms with Crippen LogP contribution < -0.4 is 20.8 Å². The Balaban J connectivity index is 1.84. The number of nitrogens with zero attached hydrogens (tertiary/aromatic N) is 2. The molecule has 1 aromatic heterocycles. The number of carbonyl (C=O) groups excluding carboxylic acids is 2. The summed E-state index contributed by atoms with van der Waals surface area (Å²) in [5.41, 5.74) is 2.47. The Labute approximate surface area is 205 Å². The van der Waals surface area contributed by atoms with E-state index in [1.165, 1.54) is 30.5 Å². The average Bonchev–Trinajstić information content (AvgIpc) is 3.05. The van der Waals surface area contributed by atoms with Crippen LogP contribution in [0, 0.1) is 5.82 Å². The van der Waals surface area contributed by atoms with Gasteiger partial charge in [0.1, 0.15) is 11.4 Å². The van der Waals surface area contributed by atoms with Crippen molar-refractivity contribution in [3.8, 4) is 11.6 Å². The first-order valence-electron chi connectivity index (χ1n) is 10.6. The van der Waals surface area contributed by atoms with Gasteiger partial charge in [0, 0.05) is 24.7 Å². The molecule has 3 rings (SSSR count). The third kappa shape index (κ3) is 6.93. The van der Waals surface area contributed by atoms with Crippen LogP contribution in [0.4, 0.5) is 14.0 Å². The van der Waals surface area contributed by atoms with Gasteiger partial charge in [-0.15, -0.1) is 0 Å². The largest absolute Gasteiger partial charge is 0.481 e. The lowest BCUT2D eigenvalue weighted by molar-refractivity contribution is -0.137. The first-order valence-corrected chi connectivity index (χ1v) is 10.9. The quantitative estimate of drug-likeness (QED) is 0.422. The number of carboxylic acid groups (broad SMARTS) is 1. The maximum Gasteiger partial charge on any atom is 0.410 e. The highest BCUT2D eigenvalue weighted by molar-refractivity contribution is 6.30. The summed E-state index contributed by atoms with van der Waals surface area (Å²) in [6.07, 6.45) is 0.472. The number of ether oxygens (including phenoxy) is 2. The second-order valence-electron chi connectivity index (χ2n) is 8.63. The van der Waals surface area contributed by atoms with Crippen LogP contribution in [-0.2, 0) is 15.3 Å². The fourth-order valence-electron chi connectivity index (χ4n) is 3.14. The number of hydrazine groups is 1. The van der Waals surface area contributed by atoms with Gasteiger partial charge in [0.05, 0.1) is 5.02 Å².